The molecule has 3 nitrogen and oxygen atoms in total. The summed E-state index contributed by atoms with van der Waals surface area (Å²) in [5.74, 6) is -0.551. The first-order valence-electron chi connectivity index (χ1n) is 6.42. The zero-order valence-corrected chi connectivity index (χ0v) is 11.2. The van der Waals surface area contributed by atoms with Gasteiger partial charge in [-0.25, -0.2) is 0 Å². The third-order valence-electron chi connectivity index (χ3n) is 4.05. The molecule has 0 unspecified atom stereocenters. The Morgan fingerprint density at radius 1 is 1.30 bits per heavy atom. The lowest BCUT2D eigenvalue weighted by atomic mass is 9.72. The molecule has 1 aliphatic rings. The molecule has 0 aliphatic carbocycles. The molecule has 0 spiro atoms. The Kier molecular flexibility index (Phi) is 3.77. The van der Waals surface area contributed by atoms with Gasteiger partial charge in [0.25, 0.3) is 0 Å². The number of likely N-dealkylation sites (tertiary alicyclic amines) is 1. The highest BCUT2D eigenvalue weighted by Crippen LogP contribution is 2.38. The number of amides is 1. The number of hydrogen-bond acceptors (Lipinski definition) is 2. The van der Waals surface area contributed by atoms with Gasteiger partial charge in [-0.2, -0.15) is 13.2 Å². The first-order chi connectivity index (χ1) is 9.25. The number of halogens is 3. The van der Waals surface area contributed by atoms with E-state index in [1.807, 2.05) is 11.9 Å². The number of piperidine rings is 1. The van der Waals surface area contributed by atoms with Gasteiger partial charge >= 0.3 is 6.18 Å². The van der Waals surface area contributed by atoms with Crippen molar-refractivity contribution in [2.45, 2.75) is 24.4 Å². The fraction of sp³-hybridized carbons (Fsp3) is 0.500. The molecule has 1 fully saturated rings. The molecular formula is C14H17F3N2O. The van der Waals surface area contributed by atoms with Crippen LogP contribution in [0.4, 0.5) is 13.2 Å². The Morgan fingerprint density at radius 3 is 2.40 bits per heavy atom. The van der Waals surface area contributed by atoms with Gasteiger partial charge in [0.2, 0.25) is 5.91 Å². The maximum atomic E-state index is 12.8. The molecular weight excluding hydrogens is 269 g/mol. The molecule has 1 aromatic rings. The predicted octanol–water partition coefficient (Wildman–Crippen LogP) is 2.15. The van der Waals surface area contributed by atoms with Crippen LogP contribution in [0.25, 0.3) is 0 Å². The minimum absolute atomic E-state index is 0.368. The second-order valence-corrected chi connectivity index (χ2v) is 5.33. The lowest BCUT2D eigenvalue weighted by molar-refractivity contribution is -0.138. The Labute approximate surface area is 115 Å². The SMILES string of the molecule is CN1CCC(C(N)=O)(c2cccc(C(F)(F)F)c2)CC1. The van der Waals surface area contributed by atoms with Crippen LogP contribution >= 0.6 is 0 Å². The molecule has 1 aromatic carbocycles. The average molecular weight is 286 g/mol. The average Bonchev–Trinajstić information content (AvgIpc) is 2.39. The molecule has 110 valence electrons. The Hall–Kier alpha value is -1.56. The van der Waals surface area contributed by atoms with E-state index in [2.05, 4.69) is 0 Å². The second-order valence-electron chi connectivity index (χ2n) is 5.33. The molecule has 2 rings (SSSR count). The highest BCUT2D eigenvalue weighted by molar-refractivity contribution is 5.87. The van der Waals surface area contributed by atoms with Crippen LogP contribution in [0, 0.1) is 0 Å². The Bertz CT molecular complexity index is 505. The molecule has 20 heavy (non-hydrogen) atoms. The minimum Gasteiger partial charge on any atom is -0.369 e. The Morgan fingerprint density at radius 2 is 1.90 bits per heavy atom. The minimum atomic E-state index is -4.42. The van der Waals surface area contributed by atoms with Crippen LogP contribution in [0.15, 0.2) is 24.3 Å². The largest absolute Gasteiger partial charge is 0.416 e. The zero-order chi connectivity index (χ0) is 15.0. The van der Waals surface area contributed by atoms with E-state index in [-0.39, 0.29) is 0 Å². The van der Waals surface area contributed by atoms with Crippen molar-refractivity contribution in [1.82, 2.24) is 4.90 Å². The van der Waals surface area contributed by atoms with E-state index in [9.17, 15) is 18.0 Å². The summed E-state index contributed by atoms with van der Waals surface area (Å²) < 4.78 is 38.4. The summed E-state index contributed by atoms with van der Waals surface area (Å²) in [5, 5.41) is 0. The lowest BCUT2D eigenvalue weighted by Gasteiger charge is -2.38. The Balaban J connectivity index is 2.43. The first kappa shape index (κ1) is 14.8. The van der Waals surface area contributed by atoms with Crippen LogP contribution < -0.4 is 5.73 Å². The lowest BCUT2D eigenvalue weighted by Crippen LogP contribution is -2.49. The maximum Gasteiger partial charge on any atom is 0.416 e. The summed E-state index contributed by atoms with van der Waals surface area (Å²) in [6.45, 7) is 1.28. The summed E-state index contributed by atoms with van der Waals surface area (Å²) in [7, 11) is 1.91. The molecule has 0 atom stereocenters. The summed E-state index contributed by atoms with van der Waals surface area (Å²) in [4.78, 5) is 13.9. The van der Waals surface area contributed by atoms with Crippen molar-refractivity contribution >= 4 is 5.91 Å². The van der Waals surface area contributed by atoms with Gasteiger partial charge in [-0.05, 0) is 44.6 Å². The van der Waals surface area contributed by atoms with E-state index < -0.39 is 23.1 Å². The van der Waals surface area contributed by atoms with Gasteiger partial charge in [0, 0.05) is 0 Å². The third-order valence-corrected chi connectivity index (χ3v) is 4.05. The number of alkyl halides is 3. The smallest absolute Gasteiger partial charge is 0.369 e. The molecule has 0 aromatic heterocycles. The van der Waals surface area contributed by atoms with Gasteiger partial charge in [-0.1, -0.05) is 18.2 Å². The van der Waals surface area contributed by atoms with Crippen LogP contribution in [0.3, 0.4) is 0 Å². The van der Waals surface area contributed by atoms with E-state index in [1.165, 1.54) is 6.07 Å². The molecule has 2 N–H and O–H groups in total. The van der Waals surface area contributed by atoms with E-state index in [4.69, 9.17) is 5.73 Å². The van der Waals surface area contributed by atoms with E-state index in [0.29, 0.717) is 31.5 Å². The molecule has 0 saturated carbocycles. The molecule has 1 heterocycles. The number of primary amides is 1. The topological polar surface area (TPSA) is 46.3 Å². The second kappa shape index (κ2) is 5.09. The summed E-state index contributed by atoms with van der Waals surface area (Å²) in [6, 6.07) is 4.95. The van der Waals surface area contributed by atoms with E-state index in [1.54, 1.807) is 6.07 Å². The van der Waals surface area contributed by atoms with Gasteiger partial charge in [-0.15, -0.1) is 0 Å². The van der Waals surface area contributed by atoms with Gasteiger partial charge in [0.15, 0.2) is 0 Å². The van der Waals surface area contributed by atoms with Crippen molar-refractivity contribution in [3.63, 3.8) is 0 Å². The van der Waals surface area contributed by atoms with Gasteiger partial charge in [0.05, 0.1) is 11.0 Å². The van der Waals surface area contributed by atoms with Crippen LogP contribution in [0.1, 0.15) is 24.0 Å². The molecule has 1 amide bonds. The number of hydrogen-bond donors (Lipinski definition) is 1. The van der Waals surface area contributed by atoms with Crippen molar-refractivity contribution in [2.75, 3.05) is 20.1 Å². The predicted molar refractivity (Wildman–Crippen MR) is 69.0 cm³/mol. The molecule has 0 radical (unpaired) electrons. The molecule has 0 bridgehead atoms. The van der Waals surface area contributed by atoms with Crippen molar-refractivity contribution in [3.05, 3.63) is 35.4 Å². The highest BCUT2D eigenvalue weighted by atomic mass is 19.4. The summed E-state index contributed by atoms with van der Waals surface area (Å²) in [6.07, 6.45) is -3.53. The van der Waals surface area contributed by atoms with Crippen LogP contribution in [0.5, 0.6) is 0 Å². The fourth-order valence-electron chi connectivity index (χ4n) is 2.67. The standard InChI is InChI=1S/C14H17F3N2O/c1-19-7-5-13(6-8-19,12(18)20)10-3-2-4-11(9-10)14(15,16)17/h2-4,9H,5-8H2,1H3,(H2,18,20). The third kappa shape index (κ3) is 2.65. The van der Waals surface area contributed by atoms with Crippen molar-refractivity contribution in [2.24, 2.45) is 5.73 Å². The number of carbonyl (C=O) groups is 1. The summed E-state index contributed by atoms with van der Waals surface area (Å²) >= 11 is 0. The number of benzene rings is 1. The normalized spacial score (nSPS) is 19.8. The number of rotatable bonds is 2. The zero-order valence-electron chi connectivity index (χ0n) is 11.2. The van der Waals surface area contributed by atoms with Gasteiger partial charge in [0.1, 0.15) is 0 Å². The van der Waals surface area contributed by atoms with Crippen LogP contribution in [0.2, 0.25) is 0 Å². The summed E-state index contributed by atoms with van der Waals surface area (Å²) in [5.41, 5.74) is 4.14. The van der Waals surface area contributed by atoms with E-state index >= 15 is 0 Å². The molecule has 6 heteroatoms. The monoisotopic (exact) mass is 286 g/mol. The van der Waals surface area contributed by atoms with Crippen molar-refractivity contribution in [3.8, 4) is 0 Å². The van der Waals surface area contributed by atoms with Crippen LogP contribution in [-0.4, -0.2) is 30.9 Å². The van der Waals surface area contributed by atoms with E-state index in [0.717, 1.165) is 12.1 Å². The van der Waals surface area contributed by atoms with Crippen LogP contribution in [-0.2, 0) is 16.4 Å². The van der Waals surface area contributed by atoms with Gasteiger partial charge < -0.3 is 10.6 Å². The molecule has 1 saturated heterocycles. The number of carbonyl (C=O) groups excluding carboxylic acids is 1. The quantitative estimate of drug-likeness (QED) is 0.905. The van der Waals surface area contributed by atoms with Crippen molar-refractivity contribution < 1.29 is 18.0 Å². The molecule has 1 aliphatic heterocycles. The maximum absolute atomic E-state index is 12.8. The number of nitrogens with zero attached hydrogens (tertiary/aromatic N) is 1. The van der Waals surface area contributed by atoms with Crippen molar-refractivity contribution in [1.29, 1.82) is 0 Å². The highest BCUT2D eigenvalue weighted by Gasteiger charge is 2.42. The van der Waals surface area contributed by atoms with Gasteiger partial charge in [-0.3, -0.25) is 4.79 Å². The fourth-order valence-corrected chi connectivity index (χ4v) is 2.67. The number of nitrogens with two attached hydrogens (primary N) is 1. The first-order valence-corrected chi connectivity index (χ1v) is 6.42.